The van der Waals surface area contributed by atoms with Gasteiger partial charge in [-0.2, -0.15) is 5.10 Å². The van der Waals surface area contributed by atoms with E-state index in [1.54, 1.807) is 28.9 Å². The fourth-order valence-corrected chi connectivity index (χ4v) is 3.00. The fraction of sp³-hybridized carbons (Fsp3) is 0.333. The normalized spacial score (nSPS) is 22.0. The Morgan fingerprint density at radius 3 is 3.00 bits per heavy atom. The van der Waals surface area contributed by atoms with Crippen LogP contribution in [0.1, 0.15) is 22.3 Å². The monoisotopic (exact) mass is 271 g/mol. The van der Waals surface area contributed by atoms with Gasteiger partial charge in [-0.25, -0.2) is 4.68 Å². The fourth-order valence-electron chi connectivity index (χ4n) is 3.00. The van der Waals surface area contributed by atoms with Crippen LogP contribution in [-0.2, 0) is 0 Å². The third-order valence-corrected chi connectivity index (χ3v) is 3.96. The van der Waals surface area contributed by atoms with E-state index in [1.165, 1.54) is 0 Å². The minimum Gasteiger partial charge on any atom is -0.315 e. The number of nitrogens with zero attached hydrogens (tertiary/aromatic N) is 2. The molecule has 4 rings (SSSR count). The Bertz CT molecular complexity index is 951. The molecule has 1 aromatic carbocycles. The second kappa shape index (κ2) is 4.18. The number of hydrogen-bond donors (Lipinski definition) is 2. The number of fused-ring (bicyclic) bond motifs is 3. The number of aromatic nitrogens is 3. The lowest BCUT2D eigenvalue weighted by Crippen LogP contribution is -2.16. The molecular weight excluding hydrogens is 252 g/mol. The summed E-state index contributed by atoms with van der Waals surface area (Å²) < 4.78 is 25.1. The Morgan fingerprint density at radius 2 is 2.25 bits per heavy atom. The zero-order chi connectivity index (χ0) is 16.2. The van der Waals surface area contributed by atoms with Crippen LogP contribution in [0.4, 0.5) is 0 Å². The van der Waals surface area contributed by atoms with Gasteiger partial charge in [0.25, 0.3) is 5.56 Å². The maximum absolute atomic E-state index is 12.4. The molecule has 1 aliphatic heterocycles. The maximum atomic E-state index is 12.4. The molecule has 0 amide bonds. The molecule has 102 valence electrons. The molecule has 1 saturated heterocycles. The average molecular weight is 271 g/mol. The van der Waals surface area contributed by atoms with Crippen molar-refractivity contribution < 1.29 is 4.11 Å². The number of aryl methyl sites for hydroxylation is 1. The lowest BCUT2D eigenvalue weighted by molar-refractivity contribution is 0.500. The lowest BCUT2D eigenvalue weighted by atomic mass is 10.1. The number of benzene rings is 1. The molecule has 1 unspecified atom stereocenters. The summed E-state index contributed by atoms with van der Waals surface area (Å²) in [7, 11) is 0. The molecular formula is C15H16N4O. The van der Waals surface area contributed by atoms with Crippen molar-refractivity contribution in [3.05, 3.63) is 40.3 Å². The van der Waals surface area contributed by atoms with E-state index in [1.807, 2.05) is 0 Å². The Morgan fingerprint density at radius 1 is 1.40 bits per heavy atom. The first-order valence-corrected chi connectivity index (χ1v) is 6.71. The van der Waals surface area contributed by atoms with Gasteiger partial charge in [0.05, 0.1) is 11.7 Å². The highest BCUT2D eigenvalue weighted by Crippen LogP contribution is 2.27. The summed E-state index contributed by atoms with van der Waals surface area (Å²) in [5.74, 6) is 0. The average Bonchev–Trinajstić information content (AvgIpc) is 3.13. The van der Waals surface area contributed by atoms with E-state index in [0.717, 1.165) is 13.0 Å². The first-order valence-electron chi connectivity index (χ1n) is 8.21. The first kappa shape index (κ1) is 8.92. The van der Waals surface area contributed by atoms with Gasteiger partial charge in [0.2, 0.25) is 0 Å². The van der Waals surface area contributed by atoms with Crippen LogP contribution in [-0.4, -0.2) is 27.9 Å². The molecule has 3 aromatic rings. The molecule has 2 aromatic heterocycles. The van der Waals surface area contributed by atoms with Crippen LogP contribution in [0.5, 0.6) is 0 Å². The maximum Gasteiger partial charge on any atom is 0.257 e. The number of pyridine rings is 1. The Balaban J connectivity index is 2.15. The number of hydrogen-bond acceptors (Lipinski definition) is 3. The van der Waals surface area contributed by atoms with Gasteiger partial charge in [0.15, 0.2) is 0 Å². The number of aromatic amines is 1. The van der Waals surface area contributed by atoms with Crippen LogP contribution in [0.3, 0.4) is 0 Å². The van der Waals surface area contributed by atoms with E-state index < -0.39 is 6.85 Å². The number of H-pyrrole nitrogens is 1. The molecule has 1 aliphatic rings. The molecule has 5 nitrogen and oxygen atoms in total. The van der Waals surface area contributed by atoms with Crippen LogP contribution < -0.4 is 10.9 Å². The van der Waals surface area contributed by atoms with Gasteiger partial charge >= 0.3 is 0 Å². The minimum absolute atomic E-state index is 0.0467. The lowest BCUT2D eigenvalue weighted by Gasteiger charge is -2.10. The Labute approximate surface area is 119 Å². The highest BCUT2D eigenvalue weighted by Gasteiger charge is 2.22. The topological polar surface area (TPSA) is 62.7 Å². The second-order valence-electron chi connectivity index (χ2n) is 5.16. The molecule has 0 spiro atoms. The zero-order valence-electron chi connectivity index (χ0n) is 13.8. The quantitative estimate of drug-likeness (QED) is 0.708. The van der Waals surface area contributed by atoms with Crippen molar-refractivity contribution in [1.29, 1.82) is 0 Å². The van der Waals surface area contributed by atoms with E-state index in [9.17, 15) is 4.79 Å². The summed E-state index contributed by atoms with van der Waals surface area (Å²) in [4.78, 5) is 15.2. The largest absolute Gasteiger partial charge is 0.315 e. The number of rotatable bonds is 1. The number of nitrogens with one attached hydrogen (secondary N) is 2. The first-order chi connectivity index (χ1) is 11.0. The summed E-state index contributed by atoms with van der Waals surface area (Å²) in [6.45, 7) is -0.768. The van der Waals surface area contributed by atoms with E-state index in [0.29, 0.717) is 28.4 Å². The van der Waals surface area contributed by atoms with Gasteiger partial charge < -0.3 is 10.3 Å². The van der Waals surface area contributed by atoms with Crippen LogP contribution in [0.25, 0.3) is 21.8 Å². The molecule has 5 heteroatoms. The molecule has 0 aliphatic carbocycles. The SMILES string of the molecule is [2H]C([2H])([2H])c1nn(C2CCNC2)c2[nH]c(=O)c3ccccc3c12. The summed E-state index contributed by atoms with van der Waals surface area (Å²) in [6, 6.07) is 7.10. The van der Waals surface area contributed by atoms with Gasteiger partial charge in [-0.15, -0.1) is 0 Å². The molecule has 0 bridgehead atoms. The van der Waals surface area contributed by atoms with Crippen molar-refractivity contribution in [3.63, 3.8) is 0 Å². The molecule has 1 atom stereocenters. The van der Waals surface area contributed by atoms with Gasteiger partial charge in [-0.1, -0.05) is 18.2 Å². The van der Waals surface area contributed by atoms with Crippen LogP contribution in [0, 0.1) is 6.85 Å². The highest BCUT2D eigenvalue weighted by molar-refractivity contribution is 6.05. The summed E-state index contributed by atoms with van der Waals surface area (Å²) in [5, 5.41) is 9.26. The predicted octanol–water partition coefficient (Wildman–Crippen LogP) is 1.72. The van der Waals surface area contributed by atoms with Gasteiger partial charge in [0, 0.05) is 21.4 Å². The third kappa shape index (κ3) is 1.53. The predicted molar refractivity (Wildman–Crippen MR) is 79.1 cm³/mol. The second-order valence-corrected chi connectivity index (χ2v) is 5.16. The van der Waals surface area contributed by atoms with Gasteiger partial charge in [-0.05, 0) is 31.3 Å². The highest BCUT2D eigenvalue weighted by atomic mass is 16.1. The minimum atomic E-state index is -2.34. The van der Waals surface area contributed by atoms with Crippen LogP contribution in [0.2, 0.25) is 0 Å². The van der Waals surface area contributed by atoms with Crippen molar-refractivity contribution in [1.82, 2.24) is 20.1 Å². The van der Waals surface area contributed by atoms with Crippen molar-refractivity contribution in [2.75, 3.05) is 13.1 Å². The van der Waals surface area contributed by atoms with Gasteiger partial charge in [0.1, 0.15) is 5.65 Å². The molecule has 0 saturated carbocycles. The Hall–Kier alpha value is -2.14. The van der Waals surface area contributed by atoms with E-state index >= 15 is 0 Å². The standard InChI is InChI=1S/C15H16N4O/c1-9-13-11-4-2-3-5-12(11)15(20)17-14(13)19(18-9)10-6-7-16-8-10/h2-5,10,16H,6-8H2,1H3,(H,17,20)/i1D3. The Kier molecular flexibility index (Phi) is 1.86. The van der Waals surface area contributed by atoms with Crippen LogP contribution >= 0.6 is 0 Å². The van der Waals surface area contributed by atoms with Crippen molar-refractivity contribution in [2.24, 2.45) is 0 Å². The third-order valence-electron chi connectivity index (χ3n) is 3.96. The molecule has 0 radical (unpaired) electrons. The smallest absolute Gasteiger partial charge is 0.257 e. The van der Waals surface area contributed by atoms with Crippen LogP contribution in [0.15, 0.2) is 29.1 Å². The molecule has 3 heterocycles. The van der Waals surface area contributed by atoms with Crippen molar-refractivity contribution in [2.45, 2.75) is 19.3 Å². The van der Waals surface area contributed by atoms with Gasteiger partial charge in [-0.3, -0.25) is 4.79 Å². The molecule has 2 N–H and O–H groups in total. The molecule has 1 fully saturated rings. The van der Waals surface area contributed by atoms with E-state index in [-0.39, 0.29) is 17.3 Å². The summed E-state index contributed by atoms with van der Waals surface area (Å²) >= 11 is 0. The van der Waals surface area contributed by atoms with Crippen molar-refractivity contribution in [3.8, 4) is 0 Å². The van der Waals surface area contributed by atoms with Crippen molar-refractivity contribution >= 4 is 21.8 Å². The summed E-state index contributed by atoms with van der Waals surface area (Å²) in [6.07, 6.45) is 0.853. The van der Waals surface area contributed by atoms with E-state index in [2.05, 4.69) is 15.4 Å². The zero-order valence-corrected chi connectivity index (χ0v) is 10.8. The van der Waals surface area contributed by atoms with E-state index in [4.69, 9.17) is 4.11 Å². The summed E-state index contributed by atoms with van der Waals surface area (Å²) in [5.41, 5.74) is 0.317. The molecule has 20 heavy (non-hydrogen) atoms.